The van der Waals surface area contributed by atoms with Crippen LogP contribution in [0.1, 0.15) is 22.6 Å². The Labute approximate surface area is 169 Å². The molecule has 0 bridgehead atoms. The third kappa shape index (κ3) is 3.85. The van der Waals surface area contributed by atoms with Crippen LogP contribution in [-0.2, 0) is 16.6 Å². The SMILES string of the molecule is Cc1cc2c(cc1C)C(C(=O)N1CCOC(CNc3nccn(C)c3=O)C1)CO2. The number of amides is 1. The molecule has 1 aromatic carbocycles. The van der Waals surface area contributed by atoms with Gasteiger partial charge >= 0.3 is 0 Å². The van der Waals surface area contributed by atoms with E-state index in [0.717, 1.165) is 22.4 Å². The summed E-state index contributed by atoms with van der Waals surface area (Å²) in [6.45, 7) is 6.36. The van der Waals surface area contributed by atoms with Crippen molar-refractivity contribution >= 4 is 11.7 Å². The summed E-state index contributed by atoms with van der Waals surface area (Å²) in [6, 6.07) is 4.08. The summed E-state index contributed by atoms with van der Waals surface area (Å²) in [5, 5.41) is 3.05. The van der Waals surface area contributed by atoms with Gasteiger partial charge in [-0.2, -0.15) is 0 Å². The van der Waals surface area contributed by atoms with Gasteiger partial charge in [-0.15, -0.1) is 0 Å². The Hall–Kier alpha value is -2.87. The van der Waals surface area contributed by atoms with Gasteiger partial charge in [0.25, 0.3) is 5.56 Å². The number of anilines is 1. The number of benzene rings is 1. The summed E-state index contributed by atoms with van der Waals surface area (Å²) in [5.74, 6) is 0.878. The molecular weight excluding hydrogens is 372 g/mol. The van der Waals surface area contributed by atoms with Crippen LogP contribution >= 0.6 is 0 Å². The summed E-state index contributed by atoms with van der Waals surface area (Å²) in [7, 11) is 1.68. The van der Waals surface area contributed by atoms with Gasteiger partial charge in [0.05, 0.1) is 12.7 Å². The number of carbonyl (C=O) groups is 1. The standard InChI is InChI=1S/C21H26N4O4/c1-13-8-16-17(12-29-18(16)9-14(13)2)20(26)25-6-7-28-15(11-25)10-23-19-21(27)24(3)5-4-22-19/h4-5,8-9,15,17H,6-7,10-12H2,1-3H3,(H,22,23). The minimum absolute atomic E-state index is 0.0639. The number of aryl methyl sites for hydroxylation is 3. The van der Waals surface area contributed by atoms with Crippen molar-refractivity contribution in [1.82, 2.24) is 14.5 Å². The highest BCUT2D eigenvalue weighted by Gasteiger charge is 2.36. The number of ether oxygens (including phenoxy) is 2. The van der Waals surface area contributed by atoms with Crippen LogP contribution < -0.4 is 15.6 Å². The van der Waals surface area contributed by atoms with Crippen LogP contribution in [0.15, 0.2) is 29.3 Å². The van der Waals surface area contributed by atoms with Gasteiger partial charge in [0.15, 0.2) is 5.82 Å². The van der Waals surface area contributed by atoms with Crippen LogP contribution in [-0.4, -0.2) is 59.3 Å². The lowest BCUT2D eigenvalue weighted by molar-refractivity contribution is -0.140. The molecule has 1 N–H and O–H groups in total. The van der Waals surface area contributed by atoms with Crippen LogP contribution in [0.25, 0.3) is 0 Å². The molecule has 1 saturated heterocycles. The number of nitrogens with one attached hydrogen (secondary N) is 1. The Morgan fingerprint density at radius 1 is 1.31 bits per heavy atom. The fourth-order valence-corrected chi connectivity index (χ4v) is 3.77. The lowest BCUT2D eigenvalue weighted by Gasteiger charge is -2.34. The van der Waals surface area contributed by atoms with Crippen molar-refractivity contribution in [3.05, 3.63) is 51.6 Å². The highest BCUT2D eigenvalue weighted by molar-refractivity contribution is 5.86. The molecule has 8 heteroatoms. The van der Waals surface area contributed by atoms with Gasteiger partial charge in [-0.1, -0.05) is 6.07 Å². The second-order valence-electron chi connectivity index (χ2n) is 7.69. The number of carbonyl (C=O) groups excluding carboxylic acids is 1. The summed E-state index contributed by atoms with van der Waals surface area (Å²) in [4.78, 5) is 31.2. The van der Waals surface area contributed by atoms with E-state index in [0.29, 0.717) is 32.8 Å². The van der Waals surface area contributed by atoms with Crippen molar-refractivity contribution in [2.45, 2.75) is 25.9 Å². The van der Waals surface area contributed by atoms with Crippen LogP contribution in [0.5, 0.6) is 5.75 Å². The zero-order valence-corrected chi connectivity index (χ0v) is 17.0. The van der Waals surface area contributed by atoms with Gasteiger partial charge in [0, 0.05) is 44.6 Å². The molecule has 2 unspecified atom stereocenters. The molecule has 1 fully saturated rings. The Kier molecular flexibility index (Phi) is 5.27. The average molecular weight is 398 g/mol. The Morgan fingerprint density at radius 2 is 2.10 bits per heavy atom. The molecule has 154 valence electrons. The summed E-state index contributed by atoms with van der Waals surface area (Å²) < 4.78 is 13.0. The molecule has 3 heterocycles. The minimum atomic E-state index is -0.279. The molecule has 4 rings (SSSR count). The molecule has 8 nitrogen and oxygen atoms in total. The third-order valence-corrected chi connectivity index (χ3v) is 5.67. The van der Waals surface area contributed by atoms with Gasteiger partial charge in [-0.05, 0) is 31.0 Å². The number of rotatable bonds is 4. The first-order valence-electron chi connectivity index (χ1n) is 9.84. The maximum Gasteiger partial charge on any atom is 0.293 e. The normalized spacial score (nSPS) is 20.9. The second kappa shape index (κ2) is 7.87. The van der Waals surface area contributed by atoms with Gasteiger partial charge in [0.2, 0.25) is 5.91 Å². The Balaban J connectivity index is 1.41. The third-order valence-electron chi connectivity index (χ3n) is 5.67. The fourth-order valence-electron chi connectivity index (χ4n) is 3.77. The number of aromatic nitrogens is 2. The smallest absolute Gasteiger partial charge is 0.293 e. The van der Waals surface area contributed by atoms with E-state index in [1.807, 2.05) is 24.8 Å². The number of nitrogens with zero attached hydrogens (tertiary/aromatic N) is 3. The average Bonchev–Trinajstić information content (AvgIpc) is 3.11. The van der Waals surface area contributed by atoms with Crippen molar-refractivity contribution in [3.8, 4) is 5.75 Å². The Bertz CT molecular complexity index is 987. The first-order valence-corrected chi connectivity index (χ1v) is 9.84. The Morgan fingerprint density at radius 3 is 2.93 bits per heavy atom. The van der Waals surface area contributed by atoms with Crippen molar-refractivity contribution in [2.75, 3.05) is 38.2 Å². The van der Waals surface area contributed by atoms with E-state index in [9.17, 15) is 9.59 Å². The number of fused-ring (bicyclic) bond motifs is 1. The van der Waals surface area contributed by atoms with Gasteiger partial charge in [-0.3, -0.25) is 9.59 Å². The second-order valence-corrected chi connectivity index (χ2v) is 7.69. The molecule has 0 saturated carbocycles. The van der Waals surface area contributed by atoms with Gasteiger partial charge in [0.1, 0.15) is 18.3 Å². The lowest BCUT2D eigenvalue weighted by Crippen LogP contribution is -2.49. The molecule has 0 radical (unpaired) electrons. The van der Waals surface area contributed by atoms with E-state index >= 15 is 0 Å². The molecule has 2 aliphatic heterocycles. The number of morpholine rings is 1. The molecule has 0 spiro atoms. The fraction of sp³-hybridized carbons (Fsp3) is 0.476. The summed E-state index contributed by atoms with van der Waals surface area (Å²) >= 11 is 0. The van der Waals surface area contributed by atoms with Crippen LogP contribution in [0.3, 0.4) is 0 Å². The molecule has 1 amide bonds. The van der Waals surface area contributed by atoms with E-state index in [2.05, 4.69) is 16.4 Å². The number of hydrogen-bond acceptors (Lipinski definition) is 6. The van der Waals surface area contributed by atoms with Crippen molar-refractivity contribution in [1.29, 1.82) is 0 Å². The first kappa shape index (κ1) is 19.4. The van der Waals surface area contributed by atoms with E-state index in [-0.39, 0.29) is 29.3 Å². The van der Waals surface area contributed by atoms with Crippen molar-refractivity contribution in [2.24, 2.45) is 7.05 Å². The topological polar surface area (TPSA) is 85.7 Å². The quantitative estimate of drug-likeness (QED) is 0.833. The molecule has 2 aromatic rings. The largest absolute Gasteiger partial charge is 0.492 e. The predicted octanol–water partition coefficient (Wildman–Crippen LogP) is 1.21. The van der Waals surface area contributed by atoms with E-state index in [4.69, 9.17) is 9.47 Å². The highest BCUT2D eigenvalue weighted by atomic mass is 16.5. The highest BCUT2D eigenvalue weighted by Crippen LogP contribution is 2.37. The molecule has 2 atom stereocenters. The minimum Gasteiger partial charge on any atom is -0.492 e. The van der Waals surface area contributed by atoms with E-state index in [1.54, 1.807) is 19.4 Å². The molecule has 1 aromatic heterocycles. The van der Waals surface area contributed by atoms with E-state index in [1.165, 1.54) is 4.57 Å². The molecule has 2 aliphatic rings. The van der Waals surface area contributed by atoms with Crippen molar-refractivity contribution < 1.29 is 14.3 Å². The van der Waals surface area contributed by atoms with E-state index < -0.39 is 0 Å². The molecule has 29 heavy (non-hydrogen) atoms. The zero-order valence-electron chi connectivity index (χ0n) is 17.0. The van der Waals surface area contributed by atoms with Crippen molar-refractivity contribution in [3.63, 3.8) is 0 Å². The van der Waals surface area contributed by atoms with Gasteiger partial charge in [-0.25, -0.2) is 4.98 Å². The molecule has 0 aliphatic carbocycles. The maximum absolute atomic E-state index is 13.2. The van der Waals surface area contributed by atoms with Crippen LogP contribution in [0, 0.1) is 13.8 Å². The first-order chi connectivity index (χ1) is 13.9. The lowest BCUT2D eigenvalue weighted by atomic mass is 9.95. The number of hydrogen-bond donors (Lipinski definition) is 1. The summed E-state index contributed by atoms with van der Waals surface area (Å²) in [5.41, 5.74) is 3.10. The molecular formula is C21H26N4O4. The van der Waals surface area contributed by atoms with Crippen LogP contribution in [0.2, 0.25) is 0 Å². The zero-order chi connectivity index (χ0) is 20.5. The monoisotopic (exact) mass is 398 g/mol. The predicted molar refractivity (Wildman–Crippen MR) is 108 cm³/mol. The maximum atomic E-state index is 13.2. The summed E-state index contributed by atoms with van der Waals surface area (Å²) in [6.07, 6.45) is 2.97. The van der Waals surface area contributed by atoms with Crippen LogP contribution in [0.4, 0.5) is 5.82 Å². The van der Waals surface area contributed by atoms with Gasteiger partial charge < -0.3 is 24.3 Å².